The highest BCUT2D eigenvalue weighted by molar-refractivity contribution is 6.47. The third kappa shape index (κ3) is 5.08. The van der Waals surface area contributed by atoms with Gasteiger partial charge in [-0.05, 0) is 55.7 Å². The van der Waals surface area contributed by atoms with Crippen LogP contribution in [-0.2, 0) is 6.61 Å². The van der Waals surface area contributed by atoms with Crippen molar-refractivity contribution in [3.8, 4) is 5.75 Å². The van der Waals surface area contributed by atoms with Crippen molar-refractivity contribution in [2.45, 2.75) is 33.6 Å². The highest BCUT2D eigenvalue weighted by Gasteiger charge is 2.38. The third-order valence-corrected chi connectivity index (χ3v) is 5.18. The number of aliphatic imine (C=N–C) groups is 1. The maximum atomic E-state index is 13.1. The standard InChI is InChI=1S/C22H25ClF3N3O/c1-12-7-6-8-17(28-4)16(12)11-30-18-10-13(2)15(9-14(18)3)20(27)19(23)21(29-5)22(24,25)26/h6-10,28H,11,27H2,1-5H3. The molecule has 4 nitrogen and oxygen atoms in total. The predicted molar refractivity (Wildman–Crippen MR) is 117 cm³/mol. The Morgan fingerprint density at radius 3 is 2.37 bits per heavy atom. The number of anilines is 1. The Bertz CT molecular complexity index is 998. The molecular weight excluding hydrogens is 415 g/mol. The monoisotopic (exact) mass is 439 g/mol. The van der Waals surface area contributed by atoms with Gasteiger partial charge < -0.3 is 15.8 Å². The second-order valence-electron chi connectivity index (χ2n) is 6.87. The molecule has 0 saturated carbocycles. The molecule has 8 heteroatoms. The topological polar surface area (TPSA) is 59.6 Å². The van der Waals surface area contributed by atoms with Crippen molar-refractivity contribution < 1.29 is 17.9 Å². The first-order chi connectivity index (χ1) is 14.0. The summed E-state index contributed by atoms with van der Waals surface area (Å²) in [6.07, 6.45) is -4.69. The van der Waals surface area contributed by atoms with Gasteiger partial charge in [0.25, 0.3) is 0 Å². The quantitative estimate of drug-likeness (QED) is 0.565. The summed E-state index contributed by atoms with van der Waals surface area (Å²) >= 11 is 5.94. The number of nitrogens with zero attached hydrogens (tertiary/aromatic N) is 1. The van der Waals surface area contributed by atoms with Gasteiger partial charge in [-0.2, -0.15) is 13.2 Å². The Labute approximate surface area is 179 Å². The molecule has 0 radical (unpaired) electrons. The van der Waals surface area contributed by atoms with Gasteiger partial charge in [-0.3, -0.25) is 4.99 Å². The molecule has 2 aromatic carbocycles. The van der Waals surface area contributed by atoms with Crippen LogP contribution in [0.4, 0.5) is 18.9 Å². The van der Waals surface area contributed by atoms with Crippen LogP contribution < -0.4 is 15.8 Å². The maximum absolute atomic E-state index is 13.1. The summed E-state index contributed by atoms with van der Waals surface area (Å²) in [5, 5.41) is 2.52. The van der Waals surface area contributed by atoms with Gasteiger partial charge in [0.15, 0.2) is 5.71 Å². The fourth-order valence-electron chi connectivity index (χ4n) is 3.11. The van der Waals surface area contributed by atoms with Crippen LogP contribution >= 0.6 is 11.6 Å². The van der Waals surface area contributed by atoms with Crippen LogP contribution in [-0.4, -0.2) is 26.0 Å². The van der Waals surface area contributed by atoms with Crippen molar-refractivity contribution in [3.63, 3.8) is 0 Å². The summed E-state index contributed by atoms with van der Waals surface area (Å²) < 4.78 is 45.4. The minimum atomic E-state index is -4.69. The first-order valence-corrected chi connectivity index (χ1v) is 9.59. The van der Waals surface area contributed by atoms with Crippen LogP contribution in [0.15, 0.2) is 40.4 Å². The molecule has 0 unspecified atom stereocenters. The van der Waals surface area contributed by atoms with Crippen LogP contribution in [0.1, 0.15) is 27.8 Å². The Morgan fingerprint density at radius 1 is 1.13 bits per heavy atom. The van der Waals surface area contributed by atoms with Crippen LogP contribution in [0, 0.1) is 20.8 Å². The Kier molecular flexibility index (Phi) is 7.42. The minimum absolute atomic E-state index is 0.182. The smallest absolute Gasteiger partial charge is 0.434 e. The molecule has 0 amide bonds. The lowest BCUT2D eigenvalue weighted by Crippen LogP contribution is -2.25. The van der Waals surface area contributed by atoms with Gasteiger partial charge in [0.05, 0.1) is 10.7 Å². The Balaban J connectivity index is 2.38. The number of benzene rings is 2. The molecular formula is C22H25ClF3N3O. The summed E-state index contributed by atoms with van der Waals surface area (Å²) in [7, 11) is 2.87. The lowest BCUT2D eigenvalue weighted by Gasteiger charge is -2.17. The van der Waals surface area contributed by atoms with Gasteiger partial charge in [-0.1, -0.05) is 23.7 Å². The molecule has 0 aromatic heterocycles. The predicted octanol–water partition coefficient (Wildman–Crippen LogP) is 5.73. The van der Waals surface area contributed by atoms with Gasteiger partial charge >= 0.3 is 6.18 Å². The van der Waals surface area contributed by atoms with Gasteiger partial charge in [0, 0.05) is 30.9 Å². The van der Waals surface area contributed by atoms with Crippen LogP contribution in [0.3, 0.4) is 0 Å². The summed E-state index contributed by atoms with van der Waals surface area (Å²) in [5.41, 5.74) is 9.44. The number of ether oxygens (including phenoxy) is 1. The van der Waals surface area contributed by atoms with Gasteiger partial charge in [-0.25, -0.2) is 0 Å². The number of hydrogen-bond donors (Lipinski definition) is 2. The number of alkyl halides is 3. The van der Waals surface area contributed by atoms with Crippen LogP contribution in [0.5, 0.6) is 5.75 Å². The Morgan fingerprint density at radius 2 is 1.80 bits per heavy atom. The van der Waals surface area contributed by atoms with Crippen LogP contribution in [0.2, 0.25) is 0 Å². The normalized spacial score (nSPS) is 13.2. The lowest BCUT2D eigenvalue weighted by atomic mass is 10.0. The number of aryl methyl sites for hydroxylation is 3. The zero-order chi connectivity index (χ0) is 22.6. The SMILES string of the molecule is CN=C(C(Cl)=C(N)c1cc(C)c(OCc2c(C)cccc2NC)cc1C)C(F)(F)F. The van der Waals surface area contributed by atoms with E-state index in [0.29, 0.717) is 23.5 Å². The first kappa shape index (κ1) is 23.6. The number of nitrogens with two attached hydrogens (primary N) is 1. The van der Waals surface area contributed by atoms with Crippen molar-refractivity contribution in [3.05, 3.63) is 63.2 Å². The average molecular weight is 440 g/mol. The highest BCUT2D eigenvalue weighted by Crippen LogP contribution is 2.32. The summed E-state index contributed by atoms with van der Waals surface area (Å²) in [4.78, 5) is 3.25. The molecule has 2 aromatic rings. The van der Waals surface area contributed by atoms with E-state index in [4.69, 9.17) is 22.1 Å². The molecule has 0 aliphatic rings. The fraction of sp³-hybridized carbons (Fsp3) is 0.318. The van der Waals surface area contributed by atoms with E-state index in [2.05, 4.69) is 10.3 Å². The van der Waals surface area contributed by atoms with Gasteiger partial charge in [0.1, 0.15) is 12.4 Å². The van der Waals surface area contributed by atoms with E-state index in [1.807, 2.05) is 32.2 Å². The number of halogens is 4. The van der Waals surface area contributed by atoms with E-state index < -0.39 is 16.9 Å². The molecule has 2 rings (SSSR count). The Hall–Kier alpha value is -2.67. The number of hydrogen-bond acceptors (Lipinski definition) is 4. The number of rotatable bonds is 6. The largest absolute Gasteiger partial charge is 0.489 e. The van der Waals surface area contributed by atoms with E-state index >= 15 is 0 Å². The fourth-order valence-corrected chi connectivity index (χ4v) is 3.40. The molecule has 0 bridgehead atoms. The highest BCUT2D eigenvalue weighted by atomic mass is 35.5. The number of nitrogens with one attached hydrogen (secondary N) is 1. The molecule has 0 heterocycles. The van der Waals surface area contributed by atoms with Crippen molar-refractivity contribution in [1.29, 1.82) is 0 Å². The van der Waals surface area contributed by atoms with Crippen molar-refractivity contribution in [2.75, 3.05) is 19.4 Å². The summed E-state index contributed by atoms with van der Waals surface area (Å²) in [6.45, 7) is 5.88. The lowest BCUT2D eigenvalue weighted by molar-refractivity contribution is -0.0579. The second kappa shape index (κ2) is 9.43. The molecule has 3 N–H and O–H groups in total. The van der Waals surface area contributed by atoms with E-state index in [-0.39, 0.29) is 5.70 Å². The summed E-state index contributed by atoms with van der Waals surface area (Å²) in [5.74, 6) is 0.616. The molecule has 0 spiro atoms. The minimum Gasteiger partial charge on any atom is -0.489 e. The molecule has 0 aliphatic heterocycles. The van der Waals surface area contributed by atoms with Crippen molar-refractivity contribution in [1.82, 2.24) is 0 Å². The molecule has 30 heavy (non-hydrogen) atoms. The molecule has 0 aliphatic carbocycles. The molecule has 162 valence electrons. The second-order valence-corrected chi connectivity index (χ2v) is 7.25. The van der Waals surface area contributed by atoms with Gasteiger partial charge in [-0.15, -0.1) is 0 Å². The zero-order valence-electron chi connectivity index (χ0n) is 17.5. The van der Waals surface area contributed by atoms with Crippen LogP contribution in [0.25, 0.3) is 5.70 Å². The summed E-state index contributed by atoms with van der Waals surface area (Å²) in [6, 6.07) is 9.34. The maximum Gasteiger partial charge on any atom is 0.434 e. The van der Waals surface area contributed by atoms with Crippen molar-refractivity contribution >= 4 is 28.7 Å². The average Bonchev–Trinajstić information content (AvgIpc) is 2.67. The third-order valence-electron chi connectivity index (χ3n) is 4.80. The van der Waals surface area contributed by atoms with E-state index in [1.165, 1.54) is 0 Å². The first-order valence-electron chi connectivity index (χ1n) is 9.21. The molecule has 0 atom stereocenters. The molecule has 0 saturated heterocycles. The van der Waals surface area contributed by atoms with E-state index in [9.17, 15) is 13.2 Å². The van der Waals surface area contributed by atoms with Gasteiger partial charge in [0.2, 0.25) is 0 Å². The number of allylic oxidation sites excluding steroid dienone is 1. The molecule has 0 fully saturated rings. The van der Waals surface area contributed by atoms with E-state index in [0.717, 1.165) is 29.4 Å². The van der Waals surface area contributed by atoms with E-state index in [1.54, 1.807) is 26.0 Å². The van der Waals surface area contributed by atoms with Crippen molar-refractivity contribution in [2.24, 2.45) is 10.7 Å². The zero-order valence-corrected chi connectivity index (χ0v) is 18.3.